The average Bonchev–Trinajstić information content (AvgIpc) is 2.79. The summed E-state index contributed by atoms with van der Waals surface area (Å²) in [6, 6.07) is 3.46. The third-order valence-corrected chi connectivity index (χ3v) is 3.10. The minimum Gasteiger partial charge on any atom is -0.478 e. The van der Waals surface area contributed by atoms with Crippen LogP contribution in [0.1, 0.15) is 20.7 Å². The maximum atomic E-state index is 11.1. The van der Waals surface area contributed by atoms with Gasteiger partial charge in [0.2, 0.25) is 0 Å². The fourth-order valence-electron chi connectivity index (χ4n) is 1.87. The molecule has 0 unspecified atom stereocenters. The van der Waals surface area contributed by atoms with Crippen molar-refractivity contribution in [2.75, 3.05) is 0 Å². The fraction of sp³-hybridized carbons (Fsp3) is 0.167. The molecule has 0 saturated heterocycles. The zero-order valence-corrected chi connectivity index (χ0v) is 11.7. The molecular weight excluding hydrogens is 314 g/mol. The first kappa shape index (κ1) is 15.8. The summed E-state index contributed by atoms with van der Waals surface area (Å²) in [4.78, 5) is 22.2. The molecule has 0 aliphatic carbocycles. The van der Waals surface area contributed by atoms with Crippen LogP contribution in [-0.2, 0) is 6.54 Å². The summed E-state index contributed by atoms with van der Waals surface area (Å²) in [5.41, 5.74) is -0.301. The van der Waals surface area contributed by atoms with E-state index in [-0.39, 0.29) is 33.8 Å². The lowest BCUT2D eigenvalue weighted by Crippen LogP contribution is -2.16. The summed E-state index contributed by atoms with van der Waals surface area (Å²) < 4.78 is 1.31. The Bertz CT molecular complexity index is 762. The summed E-state index contributed by atoms with van der Waals surface area (Å²) >= 11 is 4.95. The summed E-state index contributed by atoms with van der Waals surface area (Å²) in [6.07, 6.45) is -1.70. The molecule has 10 heteroatoms. The van der Waals surface area contributed by atoms with E-state index in [0.29, 0.717) is 0 Å². The van der Waals surface area contributed by atoms with Gasteiger partial charge in [0.25, 0.3) is 0 Å². The Morgan fingerprint density at radius 1 is 1.18 bits per heavy atom. The van der Waals surface area contributed by atoms with Crippen LogP contribution in [0.4, 0.5) is 0 Å². The molecule has 0 atom stereocenters. The van der Waals surface area contributed by atoms with E-state index >= 15 is 0 Å². The smallest absolute Gasteiger partial charge is 0.335 e. The van der Waals surface area contributed by atoms with Crippen molar-refractivity contribution in [3.05, 3.63) is 34.1 Å². The van der Waals surface area contributed by atoms with E-state index in [9.17, 15) is 9.59 Å². The number of carboxylic acids is 2. The van der Waals surface area contributed by atoms with Crippen molar-refractivity contribution in [3.8, 4) is 11.4 Å². The second-order valence-corrected chi connectivity index (χ2v) is 4.74. The zero-order chi connectivity index (χ0) is 16.4. The average molecular weight is 325 g/mol. The first-order valence-electron chi connectivity index (χ1n) is 5.93. The normalized spacial score (nSPS) is 10.9. The van der Waals surface area contributed by atoms with Crippen LogP contribution >= 0.6 is 12.2 Å². The topological polar surface area (TPSA) is 149 Å². The minimum absolute atomic E-state index is 0.0840. The van der Waals surface area contributed by atoms with Crippen molar-refractivity contribution in [1.29, 1.82) is 0 Å². The first-order chi connectivity index (χ1) is 10.3. The van der Waals surface area contributed by atoms with Gasteiger partial charge in [-0.25, -0.2) is 9.59 Å². The van der Waals surface area contributed by atoms with Gasteiger partial charge >= 0.3 is 11.9 Å². The largest absolute Gasteiger partial charge is 0.478 e. The molecule has 2 rings (SSSR count). The van der Waals surface area contributed by atoms with Crippen LogP contribution in [0.15, 0.2) is 18.2 Å². The third-order valence-electron chi connectivity index (χ3n) is 2.79. The van der Waals surface area contributed by atoms with Gasteiger partial charge in [0, 0.05) is 5.56 Å². The highest BCUT2D eigenvalue weighted by Gasteiger charge is 2.17. The molecule has 5 N–H and O–H groups in total. The van der Waals surface area contributed by atoms with E-state index < -0.39 is 18.2 Å². The second-order valence-electron chi connectivity index (χ2n) is 4.35. The maximum absolute atomic E-state index is 11.1. The van der Waals surface area contributed by atoms with Gasteiger partial charge in [-0.1, -0.05) is 0 Å². The third kappa shape index (κ3) is 3.19. The molecule has 2 aromatic rings. The number of nitrogens with one attached hydrogen (secondary N) is 1. The van der Waals surface area contributed by atoms with E-state index in [4.69, 9.17) is 32.6 Å². The fourth-order valence-corrected chi connectivity index (χ4v) is 2.08. The predicted molar refractivity (Wildman–Crippen MR) is 75.0 cm³/mol. The predicted octanol–water partition coefficient (Wildman–Crippen LogP) is 0.315. The van der Waals surface area contributed by atoms with Gasteiger partial charge in [-0.2, -0.15) is 5.10 Å². The Kier molecular flexibility index (Phi) is 4.35. The Hall–Kier alpha value is -2.56. The van der Waals surface area contributed by atoms with E-state index in [1.807, 2.05) is 0 Å². The molecule has 1 heterocycles. The van der Waals surface area contributed by atoms with Crippen molar-refractivity contribution in [2.45, 2.75) is 12.8 Å². The molecule has 0 aliphatic rings. The number of nitrogens with zero attached hydrogens (tertiary/aromatic N) is 2. The number of aromatic nitrogens is 3. The highest BCUT2D eigenvalue weighted by Crippen LogP contribution is 2.22. The quantitative estimate of drug-likeness (QED) is 0.389. The van der Waals surface area contributed by atoms with Crippen LogP contribution in [0.3, 0.4) is 0 Å². The number of carboxylic acid groups (broad SMARTS) is 2. The van der Waals surface area contributed by atoms with Crippen LogP contribution in [-0.4, -0.2) is 53.4 Å². The van der Waals surface area contributed by atoms with E-state index in [2.05, 4.69) is 10.2 Å². The molecule has 0 bridgehead atoms. The van der Waals surface area contributed by atoms with Gasteiger partial charge < -0.3 is 20.4 Å². The van der Waals surface area contributed by atoms with E-state index in [1.54, 1.807) is 0 Å². The minimum atomic E-state index is -1.70. The molecule has 22 heavy (non-hydrogen) atoms. The molecule has 0 saturated carbocycles. The van der Waals surface area contributed by atoms with Crippen molar-refractivity contribution >= 4 is 24.2 Å². The number of carbonyl (C=O) groups is 2. The monoisotopic (exact) mass is 325 g/mol. The van der Waals surface area contributed by atoms with Crippen LogP contribution in [0, 0.1) is 4.77 Å². The van der Waals surface area contributed by atoms with Crippen molar-refractivity contribution in [2.24, 2.45) is 0 Å². The molecule has 9 nitrogen and oxygen atoms in total. The van der Waals surface area contributed by atoms with Crippen LogP contribution < -0.4 is 0 Å². The Balaban J connectivity index is 2.64. The SMILES string of the molecule is O=C(O)c1cc(C(=O)O)cc(-c2n[nH]c(=S)n2CC(O)O)c1. The number of hydrogen-bond donors (Lipinski definition) is 5. The number of rotatable bonds is 5. The summed E-state index contributed by atoms with van der Waals surface area (Å²) in [5.74, 6) is -2.50. The molecule has 1 aromatic heterocycles. The number of aliphatic hydroxyl groups is 2. The number of aromatic carboxylic acids is 2. The van der Waals surface area contributed by atoms with Crippen molar-refractivity contribution in [3.63, 3.8) is 0 Å². The van der Waals surface area contributed by atoms with Gasteiger partial charge in [-0.3, -0.25) is 9.67 Å². The van der Waals surface area contributed by atoms with Crippen LogP contribution in [0.25, 0.3) is 11.4 Å². The van der Waals surface area contributed by atoms with Crippen molar-refractivity contribution < 1.29 is 30.0 Å². The number of H-pyrrole nitrogens is 1. The zero-order valence-electron chi connectivity index (χ0n) is 10.9. The van der Waals surface area contributed by atoms with Gasteiger partial charge in [0.1, 0.15) is 0 Å². The number of aromatic amines is 1. The Labute approximate surface area is 128 Å². The standard InChI is InChI=1S/C12H11N3O6S/c16-8(17)4-15-9(13-14-12(15)22)5-1-6(10(18)19)3-7(2-5)11(20)21/h1-3,8,16-17H,4H2,(H,14,22)(H,18,19)(H,20,21). The molecule has 116 valence electrons. The molecule has 0 aliphatic heterocycles. The molecule has 0 radical (unpaired) electrons. The van der Waals surface area contributed by atoms with Gasteiger partial charge in [-0.05, 0) is 30.4 Å². The van der Waals surface area contributed by atoms with Gasteiger partial charge in [0.05, 0.1) is 17.7 Å². The van der Waals surface area contributed by atoms with Crippen LogP contribution in [0.5, 0.6) is 0 Å². The van der Waals surface area contributed by atoms with Gasteiger partial charge in [0.15, 0.2) is 16.9 Å². The first-order valence-corrected chi connectivity index (χ1v) is 6.34. The summed E-state index contributed by atoms with van der Waals surface area (Å²) in [7, 11) is 0. The second kappa shape index (κ2) is 6.05. The molecular formula is C12H11N3O6S. The lowest BCUT2D eigenvalue weighted by molar-refractivity contribution is -0.0513. The highest BCUT2D eigenvalue weighted by molar-refractivity contribution is 7.71. The summed E-state index contributed by atoms with van der Waals surface area (Å²) in [5, 5.41) is 42.6. The molecule has 1 aromatic carbocycles. The number of aliphatic hydroxyl groups excluding tert-OH is 1. The van der Waals surface area contributed by atoms with E-state index in [0.717, 1.165) is 6.07 Å². The Morgan fingerprint density at radius 3 is 2.18 bits per heavy atom. The van der Waals surface area contributed by atoms with Crippen molar-refractivity contribution in [1.82, 2.24) is 14.8 Å². The van der Waals surface area contributed by atoms with E-state index in [1.165, 1.54) is 16.7 Å². The van der Waals surface area contributed by atoms with Crippen LogP contribution in [0.2, 0.25) is 0 Å². The molecule has 0 amide bonds. The lowest BCUT2D eigenvalue weighted by Gasteiger charge is -2.09. The molecule has 0 spiro atoms. The van der Waals surface area contributed by atoms with Gasteiger partial charge in [-0.15, -0.1) is 0 Å². The number of benzene rings is 1. The molecule has 0 fully saturated rings. The highest BCUT2D eigenvalue weighted by atomic mass is 32.1. The Morgan fingerprint density at radius 2 is 1.73 bits per heavy atom. The summed E-state index contributed by atoms with van der Waals surface area (Å²) in [6.45, 7) is -0.301. The number of hydrogen-bond acceptors (Lipinski definition) is 6. The maximum Gasteiger partial charge on any atom is 0.335 e. The lowest BCUT2D eigenvalue weighted by atomic mass is 10.0.